The molecule has 0 spiro atoms. The van der Waals surface area contributed by atoms with E-state index in [1.165, 1.54) is 15.9 Å². The van der Waals surface area contributed by atoms with Gasteiger partial charge < -0.3 is 10.2 Å². The Morgan fingerprint density at radius 1 is 0.968 bits per heavy atom. The smallest absolute Gasteiger partial charge is 0.251 e. The second-order valence-corrected chi connectivity index (χ2v) is 10.7. The molecule has 0 unspecified atom stereocenters. The van der Waals surface area contributed by atoms with Crippen LogP contribution in [-0.2, 0) is 15.4 Å². The van der Waals surface area contributed by atoms with E-state index < -0.39 is 10.0 Å². The molecule has 7 heteroatoms. The summed E-state index contributed by atoms with van der Waals surface area (Å²) in [4.78, 5) is 15.2. The predicted molar refractivity (Wildman–Crippen MR) is 122 cm³/mol. The van der Waals surface area contributed by atoms with Crippen molar-refractivity contribution < 1.29 is 13.2 Å². The van der Waals surface area contributed by atoms with Gasteiger partial charge in [0.1, 0.15) is 0 Å². The average molecular weight is 442 g/mol. The molecule has 1 aliphatic carbocycles. The van der Waals surface area contributed by atoms with Gasteiger partial charge in [-0.15, -0.1) is 0 Å². The maximum Gasteiger partial charge on any atom is 0.251 e. The number of rotatable bonds is 6. The molecule has 0 atom stereocenters. The summed E-state index contributed by atoms with van der Waals surface area (Å²) in [6, 6.07) is 16.8. The summed E-state index contributed by atoms with van der Waals surface area (Å²) >= 11 is 0. The van der Waals surface area contributed by atoms with Crippen LogP contribution >= 0.6 is 0 Å². The maximum atomic E-state index is 13.0. The highest BCUT2D eigenvalue weighted by atomic mass is 32.2. The zero-order valence-corrected chi connectivity index (χ0v) is 18.9. The van der Waals surface area contributed by atoms with Gasteiger partial charge in [0.05, 0.1) is 4.90 Å². The van der Waals surface area contributed by atoms with E-state index in [4.69, 9.17) is 0 Å². The standard InChI is InChI=1S/C24H31N3O3S/c1-26-14-16-27(17-15-26)31(29,30)22-11-7-8-20(18-22)23(28)25-19-24(12-5-6-13-24)21-9-3-2-4-10-21/h2-4,7-11,18H,5-6,12-17,19H2,1H3,(H,25,28). The third-order valence-corrected chi connectivity index (χ3v) is 8.63. The maximum absolute atomic E-state index is 13.0. The van der Waals surface area contributed by atoms with E-state index in [2.05, 4.69) is 22.3 Å². The van der Waals surface area contributed by atoms with Crippen LogP contribution in [0.25, 0.3) is 0 Å². The second-order valence-electron chi connectivity index (χ2n) is 8.77. The molecule has 0 radical (unpaired) electrons. The topological polar surface area (TPSA) is 69.7 Å². The molecule has 2 fully saturated rings. The third kappa shape index (κ3) is 4.68. The average Bonchev–Trinajstić information content (AvgIpc) is 3.29. The fourth-order valence-corrected chi connectivity index (χ4v) is 6.21. The van der Waals surface area contributed by atoms with Crippen molar-refractivity contribution in [2.24, 2.45) is 0 Å². The Morgan fingerprint density at radius 3 is 2.32 bits per heavy atom. The third-order valence-electron chi connectivity index (χ3n) is 6.73. The number of nitrogens with one attached hydrogen (secondary N) is 1. The van der Waals surface area contributed by atoms with Crippen molar-refractivity contribution in [1.29, 1.82) is 0 Å². The molecule has 2 aromatic carbocycles. The van der Waals surface area contributed by atoms with Crippen LogP contribution in [0.2, 0.25) is 0 Å². The number of amides is 1. The van der Waals surface area contributed by atoms with E-state index in [1.54, 1.807) is 18.2 Å². The second kappa shape index (κ2) is 9.10. The first-order chi connectivity index (χ1) is 14.9. The molecule has 2 aliphatic rings. The van der Waals surface area contributed by atoms with E-state index >= 15 is 0 Å². The minimum Gasteiger partial charge on any atom is -0.351 e. The molecule has 31 heavy (non-hydrogen) atoms. The largest absolute Gasteiger partial charge is 0.351 e. The molecule has 6 nitrogen and oxygen atoms in total. The van der Waals surface area contributed by atoms with Crippen LogP contribution in [-0.4, -0.2) is 63.3 Å². The molecule has 1 N–H and O–H groups in total. The minimum atomic E-state index is -3.60. The molecule has 166 valence electrons. The lowest BCUT2D eigenvalue weighted by atomic mass is 9.79. The Balaban J connectivity index is 1.48. The summed E-state index contributed by atoms with van der Waals surface area (Å²) in [5, 5.41) is 3.09. The highest BCUT2D eigenvalue weighted by molar-refractivity contribution is 7.89. The first-order valence-corrected chi connectivity index (χ1v) is 12.5. The van der Waals surface area contributed by atoms with Gasteiger partial charge in [-0.1, -0.05) is 49.2 Å². The summed E-state index contributed by atoms with van der Waals surface area (Å²) in [5.74, 6) is -0.224. The minimum absolute atomic E-state index is 0.0412. The van der Waals surface area contributed by atoms with E-state index in [0.717, 1.165) is 25.7 Å². The lowest BCUT2D eigenvalue weighted by Gasteiger charge is -2.31. The van der Waals surface area contributed by atoms with Gasteiger partial charge in [0, 0.05) is 43.7 Å². The van der Waals surface area contributed by atoms with Crippen molar-refractivity contribution >= 4 is 15.9 Å². The molecule has 1 aliphatic heterocycles. The molecule has 1 saturated carbocycles. The van der Waals surface area contributed by atoms with Crippen molar-refractivity contribution in [2.75, 3.05) is 39.8 Å². The van der Waals surface area contributed by atoms with Crippen LogP contribution in [0, 0.1) is 0 Å². The summed E-state index contributed by atoms with van der Waals surface area (Å²) in [6.45, 7) is 2.91. The van der Waals surface area contributed by atoms with Crippen LogP contribution in [0.15, 0.2) is 59.5 Å². The van der Waals surface area contributed by atoms with Crippen molar-refractivity contribution in [2.45, 2.75) is 36.0 Å². The van der Waals surface area contributed by atoms with Crippen molar-refractivity contribution in [3.8, 4) is 0 Å². The molecular weight excluding hydrogens is 410 g/mol. The van der Waals surface area contributed by atoms with Crippen LogP contribution < -0.4 is 5.32 Å². The van der Waals surface area contributed by atoms with Crippen molar-refractivity contribution in [3.05, 3.63) is 65.7 Å². The van der Waals surface area contributed by atoms with Gasteiger partial charge in [0.25, 0.3) is 5.91 Å². The summed E-state index contributed by atoms with van der Waals surface area (Å²) in [5.41, 5.74) is 1.61. The number of sulfonamides is 1. The van der Waals surface area contributed by atoms with E-state index in [9.17, 15) is 13.2 Å². The zero-order chi connectivity index (χ0) is 21.9. The first kappa shape index (κ1) is 22.0. The van der Waals surface area contributed by atoms with Crippen molar-refractivity contribution in [3.63, 3.8) is 0 Å². The quantitative estimate of drug-likeness (QED) is 0.748. The van der Waals surface area contributed by atoms with Gasteiger partial charge in [-0.3, -0.25) is 4.79 Å². The van der Waals surface area contributed by atoms with Gasteiger partial charge in [0.2, 0.25) is 10.0 Å². The summed E-state index contributed by atoms with van der Waals surface area (Å²) in [6.07, 6.45) is 4.41. The fraction of sp³-hybridized carbons (Fsp3) is 0.458. The SMILES string of the molecule is CN1CCN(S(=O)(=O)c2cccc(C(=O)NCC3(c4ccccc4)CCCC3)c2)CC1. The number of benzene rings is 2. The molecule has 1 amide bonds. The Kier molecular flexibility index (Phi) is 6.46. The fourth-order valence-electron chi connectivity index (χ4n) is 4.74. The predicted octanol–water partition coefficient (Wildman–Crippen LogP) is 2.86. The lowest BCUT2D eigenvalue weighted by molar-refractivity contribution is 0.0943. The van der Waals surface area contributed by atoms with E-state index in [1.807, 2.05) is 25.2 Å². The molecule has 1 saturated heterocycles. The zero-order valence-electron chi connectivity index (χ0n) is 18.1. The number of carbonyl (C=O) groups is 1. The summed E-state index contributed by atoms with van der Waals surface area (Å²) < 4.78 is 27.6. The molecule has 0 bridgehead atoms. The van der Waals surface area contributed by atoms with Crippen LogP contribution in [0.4, 0.5) is 0 Å². The van der Waals surface area contributed by atoms with Gasteiger partial charge in [-0.25, -0.2) is 8.42 Å². The number of nitrogens with zero attached hydrogens (tertiary/aromatic N) is 2. The lowest BCUT2D eigenvalue weighted by Crippen LogP contribution is -2.47. The highest BCUT2D eigenvalue weighted by Gasteiger charge is 2.36. The number of hydrogen-bond donors (Lipinski definition) is 1. The van der Waals surface area contributed by atoms with Crippen molar-refractivity contribution in [1.82, 2.24) is 14.5 Å². The van der Waals surface area contributed by atoms with Crippen LogP contribution in [0.5, 0.6) is 0 Å². The number of carbonyl (C=O) groups excluding carboxylic acids is 1. The van der Waals surface area contributed by atoms with Crippen LogP contribution in [0.3, 0.4) is 0 Å². The molecule has 2 aromatic rings. The molecular formula is C24H31N3O3S. The molecule has 4 rings (SSSR count). The molecule has 0 aromatic heterocycles. The van der Waals surface area contributed by atoms with Crippen LogP contribution in [0.1, 0.15) is 41.6 Å². The van der Waals surface area contributed by atoms with Gasteiger partial charge in [-0.05, 0) is 43.7 Å². The Morgan fingerprint density at radius 2 is 1.65 bits per heavy atom. The normalized spacial score (nSPS) is 19.9. The Labute approximate surface area is 185 Å². The Bertz CT molecular complexity index is 1010. The first-order valence-electron chi connectivity index (χ1n) is 11.0. The molecule has 1 heterocycles. The summed E-state index contributed by atoms with van der Waals surface area (Å²) in [7, 11) is -1.61. The highest BCUT2D eigenvalue weighted by Crippen LogP contribution is 2.40. The van der Waals surface area contributed by atoms with Gasteiger partial charge >= 0.3 is 0 Å². The number of likely N-dealkylation sites (N-methyl/N-ethyl adjacent to an activating group) is 1. The van der Waals surface area contributed by atoms with Gasteiger partial charge in [0.15, 0.2) is 0 Å². The van der Waals surface area contributed by atoms with E-state index in [-0.39, 0.29) is 16.2 Å². The van der Waals surface area contributed by atoms with E-state index in [0.29, 0.717) is 38.3 Å². The Hall–Kier alpha value is -2.22. The number of piperazine rings is 1. The monoisotopic (exact) mass is 441 g/mol. The van der Waals surface area contributed by atoms with Gasteiger partial charge in [-0.2, -0.15) is 4.31 Å². The number of hydrogen-bond acceptors (Lipinski definition) is 4.